The molecule has 1 aromatic carbocycles. The fourth-order valence-corrected chi connectivity index (χ4v) is 6.29. The van der Waals surface area contributed by atoms with Gasteiger partial charge in [0.1, 0.15) is 6.33 Å². The summed E-state index contributed by atoms with van der Waals surface area (Å²) in [5, 5.41) is 17.6. The monoisotopic (exact) mass is 513 g/mol. The average molecular weight is 514 g/mol. The Morgan fingerprint density at radius 3 is 2.72 bits per heavy atom. The third-order valence-corrected chi connectivity index (χ3v) is 8.63. The van der Waals surface area contributed by atoms with Gasteiger partial charge in [0.25, 0.3) is 0 Å². The van der Waals surface area contributed by atoms with Gasteiger partial charge in [-0.3, -0.25) is 4.40 Å². The highest BCUT2D eigenvalue weighted by Crippen LogP contribution is 2.64. The first-order chi connectivity index (χ1) is 17.3. The van der Waals surface area contributed by atoms with E-state index in [1.54, 1.807) is 30.2 Å². The van der Waals surface area contributed by atoms with Crippen LogP contribution < -0.4 is 0 Å². The van der Waals surface area contributed by atoms with E-state index >= 15 is 0 Å². The molecule has 0 unspecified atom stereocenters. The van der Waals surface area contributed by atoms with Crippen molar-refractivity contribution in [2.45, 2.75) is 36.5 Å². The number of likely N-dealkylation sites (tertiary alicyclic amines) is 1. The highest BCUT2D eigenvalue weighted by Gasteiger charge is 2.57. The Kier molecular flexibility index (Phi) is 5.79. The molecule has 1 saturated heterocycles. The first-order valence-corrected chi connectivity index (χ1v) is 13.0. The van der Waals surface area contributed by atoms with Gasteiger partial charge in [-0.1, -0.05) is 23.9 Å². The topological polar surface area (TPSA) is 64.1 Å². The summed E-state index contributed by atoms with van der Waals surface area (Å²) >= 11 is 1.71. The van der Waals surface area contributed by atoms with Crippen molar-refractivity contribution in [1.29, 1.82) is 0 Å². The number of rotatable bonds is 7. The molecule has 0 bridgehead atoms. The van der Waals surface area contributed by atoms with Gasteiger partial charge in [0.15, 0.2) is 16.6 Å². The molecule has 36 heavy (non-hydrogen) atoms. The van der Waals surface area contributed by atoms with Crippen molar-refractivity contribution in [2.75, 3.05) is 25.4 Å². The van der Waals surface area contributed by atoms with E-state index in [1.807, 2.05) is 34.3 Å². The fourth-order valence-electron chi connectivity index (χ4n) is 5.45. The molecule has 2 fully saturated rings. The van der Waals surface area contributed by atoms with Crippen molar-refractivity contribution >= 4 is 17.4 Å². The van der Waals surface area contributed by atoms with Gasteiger partial charge in [-0.15, -0.1) is 20.4 Å². The van der Waals surface area contributed by atoms with E-state index < -0.39 is 11.7 Å². The number of thioether (sulfide) groups is 1. The lowest BCUT2D eigenvalue weighted by atomic mass is 9.97. The van der Waals surface area contributed by atoms with Gasteiger partial charge >= 0.3 is 6.18 Å². The van der Waals surface area contributed by atoms with Gasteiger partial charge in [-0.25, -0.2) is 0 Å². The SMILES string of the molecule is Cn1c(SCCCN2CC[C@]3(C[C@@H]3c3ccc(C(F)(F)F)cc3)C2)nnc1-c1ccc2nncn2c1. The number of halogens is 3. The zero-order valence-corrected chi connectivity index (χ0v) is 20.6. The van der Waals surface area contributed by atoms with E-state index in [9.17, 15) is 13.2 Å². The summed E-state index contributed by atoms with van der Waals surface area (Å²) in [6, 6.07) is 9.66. The highest BCUT2D eigenvalue weighted by molar-refractivity contribution is 7.99. The summed E-state index contributed by atoms with van der Waals surface area (Å²) in [7, 11) is 1.98. The Morgan fingerprint density at radius 1 is 1.08 bits per heavy atom. The maximum absolute atomic E-state index is 12.9. The lowest BCUT2D eigenvalue weighted by molar-refractivity contribution is -0.137. The normalized spacial score (nSPS) is 22.2. The van der Waals surface area contributed by atoms with Crippen molar-refractivity contribution in [3.05, 3.63) is 60.0 Å². The van der Waals surface area contributed by atoms with Crippen LogP contribution in [-0.4, -0.2) is 59.6 Å². The molecule has 1 spiro atoms. The number of alkyl halides is 3. The number of pyridine rings is 1. The molecule has 4 aromatic rings. The first kappa shape index (κ1) is 23.5. The van der Waals surface area contributed by atoms with E-state index in [0.717, 1.165) is 72.4 Å². The van der Waals surface area contributed by atoms with Crippen LogP contribution in [0, 0.1) is 5.41 Å². The minimum Gasteiger partial charge on any atom is -0.305 e. The van der Waals surface area contributed by atoms with E-state index in [-0.39, 0.29) is 5.41 Å². The van der Waals surface area contributed by atoms with Crippen molar-refractivity contribution in [3.63, 3.8) is 0 Å². The van der Waals surface area contributed by atoms with Crippen LogP contribution in [0.15, 0.2) is 54.1 Å². The average Bonchev–Trinajstić information content (AvgIpc) is 3.18. The van der Waals surface area contributed by atoms with Crippen LogP contribution in [0.2, 0.25) is 0 Å². The number of nitrogens with zero attached hydrogens (tertiary/aromatic N) is 7. The zero-order chi connectivity index (χ0) is 24.9. The third-order valence-electron chi connectivity index (χ3n) is 7.53. The zero-order valence-electron chi connectivity index (χ0n) is 19.8. The van der Waals surface area contributed by atoms with Gasteiger partial charge in [0.05, 0.1) is 5.56 Å². The van der Waals surface area contributed by atoms with Crippen molar-refractivity contribution in [2.24, 2.45) is 12.5 Å². The van der Waals surface area contributed by atoms with Gasteiger partial charge in [0, 0.05) is 31.1 Å². The second-order valence-electron chi connectivity index (χ2n) is 9.85. The summed E-state index contributed by atoms with van der Waals surface area (Å²) in [6.07, 6.45) is 2.58. The molecule has 4 heterocycles. The molecular formula is C25H26F3N7S. The Morgan fingerprint density at radius 2 is 1.92 bits per heavy atom. The Bertz CT molecular complexity index is 1380. The van der Waals surface area contributed by atoms with Crippen LogP contribution in [0.4, 0.5) is 13.2 Å². The maximum Gasteiger partial charge on any atom is 0.416 e. The van der Waals surface area contributed by atoms with E-state index in [0.29, 0.717) is 5.92 Å². The second-order valence-corrected chi connectivity index (χ2v) is 10.9. The van der Waals surface area contributed by atoms with Gasteiger partial charge in [0.2, 0.25) is 0 Å². The fraction of sp³-hybridized carbons (Fsp3) is 0.440. The smallest absolute Gasteiger partial charge is 0.305 e. The second kappa shape index (κ2) is 8.88. The number of hydrogen-bond acceptors (Lipinski definition) is 6. The standard InChI is InChI=1S/C25H26F3N7S/c1-33-22(18-5-8-21-30-29-16-35(21)14-18)31-32-23(33)36-12-2-10-34-11-9-24(15-34)13-20(24)17-3-6-19(7-4-17)25(26,27)28/h3-8,14,16,20H,2,9-13,15H2,1H3/t20-,24+/m1/s1. The molecule has 0 radical (unpaired) electrons. The van der Waals surface area contributed by atoms with Crippen LogP contribution in [0.3, 0.4) is 0 Å². The Labute approximate surface area is 210 Å². The van der Waals surface area contributed by atoms with E-state index in [1.165, 1.54) is 12.1 Å². The molecule has 2 aliphatic rings. The largest absolute Gasteiger partial charge is 0.416 e. The summed E-state index contributed by atoms with van der Waals surface area (Å²) in [5.74, 6) is 2.13. The molecule has 1 aliphatic carbocycles. The molecule has 0 amide bonds. The summed E-state index contributed by atoms with van der Waals surface area (Å²) in [4.78, 5) is 2.50. The van der Waals surface area contributed by atoms with Crippen LogP contribution in [0.5, 0.6) is 0 Å². The number of hydrogen-bond donors (Lipinski definition) is 0. The number of aromatic nitrogens is 6. The van der Waals surface area contributed by atoms with Crippen LogP contribution in [0.25, 0.3) is 17.0 Å². The molecule has 1 aliphatic heterocycles. The van der Waals surface area contributed by atoms with Gasteiger partial charge in [-0.2, -0.15) is 13.2 Å². The van der Waals surface area contributed by atoms with E-state index in [4.69, 9.17) is 0 Å². The quantitative estimate of drug-likeness (QED) is 0.259. The van der Waals surface area contributed by atoms with Crippen LogP contribution in [-0.2, 0) is 13.2 Å². The van der Waals surface area contributed by atoms with E-state index in [2.05, 4.69) is 25.3 Å². The Hall–Kier alpha value is -2.92. The predicted molar refractivity (Wildman–Crippen MR) is 131 cm³/mol. The molecule has 7 nitrogen and oxygen atoms in total. The molecule has 3 aromatic heterocycles. The van der Waals surface area contributed by atoms with Gasteiger partial charge in [-0.05, 0) is 73.5 Å². The van der Waals surface area contributed by atoms with Crippen LogP contribution >= 0.6 is 11.8 Å². The molecule has 2 atom stereocenters. The minimum atomic E-state index is -4.28. The molecule has 11 heteroatoms. The molecule has 6 rings (SSSR count). The third kappa shape index (κ3) is 4.39. The van der Waals surface area contributed by atoms with Crippen LogP contribution in [0.1, 0.15) is 36.3 Å². The summed E-state index contributed by atoms with van der Waals surface area (Å²) in [5.41, 5.74) is 2.46. The summed E-state index contributed by atoms with van der Waals surface area (Å²) < 4.78 is 42.4. The minimum absolute atomic E-state index is 0.247. The van der Waals surface area contributed by atoms with Crippen molar-refractivity contribution in [1.82, 2.24) is 34.3 Å². The molecule has 188 valence electrons. The number of benzene rings is 1. The molecule has 1 saturated carbocycles. The van der Waals surface area contributed by atoms with Crippen molar-refractivity contribution in [3.8, 4) is 11.4 Å². The predicted octanol–water partition coefficient (Wildman–Crippen LogP) is 4.91. The lowest BCUT2D eigenvalue weighted by Gasteiger charge is -2.16. The Balaban J connectivity index is 0.990. The first-order valence-electron chi connectivity index (χ1n) is 12.0. The molecule has 0 N–H and O–H groups in total. The number of fused-ring (bicyclic) bond motifs is 1. The lowest BCUT2D eigenvalue weighted by Crippen LogP contribution is -2.23. The summed E-state index contributed by atoms with van der Waals surface area (Å²) in [6.45, 7) is 3.11. The highest BCUT2D eigenvalue weighted by atomic mass is 32.2. The van der Waals surface area contributed by atoms with Crippen molar-refractivity contribution < 1.29 is 13.2 Å². The molecular weight excluding hydrogens is 487 g/mol. The maximum atomic E-state index is 12.9. The van der Waals surface area contributed by atoms with Gasteiger partial charge < -0.3 is 9.47 Å².